The molecule has 1 rings (SSSR count). The van der Waals surface area contributed by atoms with Crippen molar-refractivity contribution in [3.63, 3.8) is 0 Å². The quantitative estimate of drug-likeness (QED) is 0.681. The first-order valence-corrected chi connectivity index (χ1v) is 6.83. The Morgan fingerprint density at radius 1 is 1.29 bits per heavy atom. The summed E-state index contributed by atoms with van der Waals surface area (Å²) >= 11 is 0. The van der Waals surface area contributed by atoms with Gasteiger partial charge in [-0.15, -0.1) is 0 Å². The molecule has 0 aliphatic carbocycles. The van der Waals surface area contributed by atoms with Gasteiger partial charge in [0, 0.05) is 25.2 Å². The minimum atomic E-state index is -0.0101. The van der Waals surface area contributed by atoms with E-state index >= 15 is 0 Å². The molecule has 0 bridgehead atoms. The molecule has 1 aliphatic heterocycles. The number of carbonyl (C=O) groups excluding carboxylic acids is 1. The van der Waals surface area contributed by atoms with Crippen LogP contribution in [0.3, 0.4) is 0 Å². The summed E-state index contributed by atoms with van der Waals surface area (Å²) in [6.45, 7) is 11.0. The summed E-state index contributed by atoms with van der Waals surface area (Å²) < 4.78 is 0. The molecule has 0 aromatic carbocycles. The fourth-order valence-electron chi connectivity index (χ4n) is 2.71. The van der Waals surface area contributed by atoms with Crippen molar-refractivity contribution in [1.29, 1.82) is 0 Å². The molecule has 3 atom stereocenters. The average molecular weight is 241 g/mol. The topological polar surface area (TPSA) is 44.4 Å². The van der Waals surface area contributed by atoms with E-state index in [9.17, 15) is 4.79 Å². The van der Waals surface area contributed by atoms with E-state index in [0.29, 0.717) is 18.6 Å². The summed E-state index contributed by atoms with van der Waals surface area (Å²) in [7, 11) is 0. The van der Waals surface area contributed by atoms with Crippen LogP contribution in [0.2, 0.25) is 0 Å². The van der Waals surface area contributed by atoms with E-state index in [0.717, 1.165) is 13.1 Å². The molecule has 0 aromatic heterocycles. The van der Waals surface area contributed by atoms with Crippen molar-refractivity contribution in [2.75, 3.05) is 19.6 Å². The van der Waals surface area contributed by atoms with Crippen LogP contribution in [0.5, 0.6) is 0 Å². The zero-order valence-corrected chi connectivity index (χ0v) is 11.6. The number of hydrogen-bond acceptors (Lipinski definition) is 3. The van der Waals surface area contributed by atoms with Crippen LogP contribution in [0, 0.1) is 0 Å². The fraction of sp³-hybridized carbons (Fsp3) is 0.923. The molecule has 17 heavy (non-hydrogen) atoms. The second-order valence-electron chi connectivity index (χ2n) is 5.04. The molecule has 1 saturated heterocycles. The number of nitrogens with one attached hydrogen (secondary N) is 2. The highest BCUT2D eigenvalue weighted by Crippen LogP contribution is 2.25. The molecule has 100 valence electrons. The van der Waals surface area contributed by atoms with Gasteiger partial charge in [-0.2, -0.15) is 0 Å². The molecule has 2 N–H and O–H groups in total. The van der Waals surface area contributed by atoms with Gasteiger partial charge in [0.15, 0.2) is 0 Å². The fourth-order valence-corrected chi connectivity index (χ4v) is 2.71. The first-order valence-electron chi connectivity index (χ1n) is 6.83. The molecular weight excluding hydrogens is 214 g/mol. The Morgan fingerprint density at radius 2 is 1.88 bits per heavy atom. The summed E-state index contributed by atoms with van der Waals surface area (Å²) in [5.41, 5.74) is 0. The minimum absolute atomic E-state index is 0.0101. The highest BCUT2D eigenvalue weighted by atomic mass is 16.2. The molecule has 1 aliphatic rings. The summed E-state index contributed by atoms with van der Waals surface area (Å²) in [6, 6.07) is 1.04. The molecule has 0 saturated carbocycles. The second-order valence-corrected chi connectivity index (χ2v) is 5.04. The van der Waals surface area contributed by atoms with E-state index in [1.54, 1.807) is 0 Å². The first kappa shape index (κ1) is 14.5. The number of carbonyl (C=O) groups is 1. The zero-order chi connectivity index (χ0) is 12.8. The smallest absolute Gasteiger partial charge is 0.237 e. The van der Waals surface area contributed by atoms with E-state index in [1.807, 2.05) is 6.92 Å². The Morgan fingerprint density at radius 3 is 2.41 bits per heavy atom. The van der Waals surface area contributed by atoms with Crippen LogP contribution in [-0.2, 0) is 4.79 Å². The molecule has 0 spiro atoms. The average Bonchev–Trinajstić information content (AvgIpc) is 2.63. The van der Waals surface area contributed by atoms with Crippen molar-refractivity contribution in [3.8, 4) is 0 Å². The van der Waals surface area contributed by atoms with Crippen molar-refractivity contribution < 1.29 is 4.79 Å². The summed E-state index contributed by atoms with van der Waals surface area (Å²) in [6.07, 6.45) is 2.41. The standard InChI is InChI=1S/C13H27N3O/c1-5-14-8-9-15-13(17)12(4)16-10(2)6-7-11(16)3/h10-12,14H,5-9H2,1-4H3,(H,15,17). The number of likely N-dealkylation sites (tertiary alicyclic amines) is 1. The molecule has 1 heterocycles. The van der Waals surface area contributed by atoms with Gasteiger partial charge in [0.1, 0.15) is 0 Å². The van der Waals surface area contributed by atoms with Crippen molar-refractivity contribution in [2.24, 2.45) is 0 Å². The highest BCUT2D eigenvalue weighted by Gasteiger charge is 2.33. The van der Waals surface area contributed by atoms with Crippen LogP contribution in [-0.4, -0.2) is 48.6 Å². The monoisotopic (exact) mass is 241 g/mol. The van der Waals surface area contributed by atoms with E-state index in [4.69, 9.17) is 0 Å². The zero-order valence-electron chi connectivity index (χ0n) is 11.6. The largest absolute Gasteiger partial charge is 0.353 e. The molecule has 0 aromatic rings. The van der Waals surface area contributed by atoms with Gasteiger partial charge < -0.3 is 10.6 Å². The van der Waals surface area contributed by atoms with Crippen molar-refractivity contribution >= 4 is 5.91 Å². The van der Waals surface area contributed by atoms with E-state index in [-0.39, 0.29) is 11.9 Å². The number of rotatable bonds is 6. The lowest BCUT2D eigenvalue weighted by Gasteiger charge is -2.31. The van der Waals surface area contributed by atoms with Gasteiger partial charge in [0.05, 0.1) is 6.04 Å². The number of hydrogen-bond donors (Lipinski definition) is 2. The van der Waals surface area contributed by atoms with E-state index in [2.05, 4.69) is 36.3 Å². The predicted octanol–water partition coefficient (Wildman–Crippen LogP) is 0.973. The lowest BCUT2D eigenvalue weighted by molar-refractivity contribution is -0.126. The molecule has 1 amide bonds. The van der Waals surface area contributed by atoms with Crippen LogP contribution >= 0.6 is 0 Å². The minimum Gasteiger partial charge on any atom is -0.353 e. The Labute approximate surface area is 105 Å². The van der Waals surface area contributed by atoms with Gasteiger partial charge >= 0.3 is 0 Å². The van der Waals surface area contributed by atoms with Crippen molar-refractivity contribution in [1.82, 2.24) is 15.5 Å². The Hall–Kier alpha value is -0.610. The van der Waals surface area contributed by atoms with Gasteiger partial charge in [-0.25, -0.2) is 0 Å². The SMILES string of the molecule is CCNCCNC(=O)C(C)N1C(C)CCC1C. The Bertz CT molecular complexity index is 235. The predicted molar refractivity (Wildman–Crippen MR) is 71.0 cm³/mol. The van der Waals surface area contributed by atoms with Crippen LogP contribution < -0.4 is 10.6 Å². The van der Waals surface area contributed by atoms with Gasteiger partial charge in [-0.3, -0.25) is 9.69 Å². The van der Waals surface area contributed by atoms with Crippen molar-refractivity contribution in [3.05, 3.63) is 0 Å². The maximum absolute atomic E-state index is 12.0. The third kappa shape index (κ3) is 3.96. The number of likely N-dealkylation sites (N-methyl/N-ethyl adjacent to an activating group) is 1. The van der Waals surface area contributed by atoms with Crippen LogP contribution in [0.1, 0.15) is 40.5 Å². The molecule has 3 unspecified atom stereocenters. The lowest BCUT2D eigenvalue weighted by atomic mass is 10.2. The second kappa shape index (κ2) is 6.97. The van der Waals surface area contributed by atoms with Gasteiger partial charge in [0.2, 0.25) is 5.91 Å². The van der Waals surface area contributed by atoms with Crippen molar-refractivity contribution in [2.45, 2.75) is 58.7 Å². The summed E-state index contributed by atoms with van der Waals surface area (Å²) in [4.78, 5) is 14.3. The molecular formula is C13H27N3O. The molecule has 0 radical (unpaired) electrons. The molecule has 1 fully saturated rings. The Kier molecular flexibility index (Phi) is 5.92. The maximum Gasteiger partial charge on any atom is 0.237 e. The van der Waals surface area contributed by atoms with Gasteiger partial charge in [-0.1, -0.05) is 6.92 Å². The number of nitrogens with zero attached hydrogens (tertiary/aromatic N) is 1. The van der Waals surface area contributed by atoms with Crippen LogP contribution in [0.4, 0.5) is 0 Å². The van der Waals surface area contributed by atoms with Crippen LogP contribution in [0.25, 0.3) is 0 Å². The summed E-state index contributed by atoms with van der Waals surface area (Å²) in [5.74, 6) is 0.156. The molecule has 4 heteroatoms. The lowest BCUT2D eigenvalue weighted by Crippen LogP contribution is -2.50. The highest BCUT2D eigenvalue weighted by molar-refractivity contribution is 5.81. The van der Waals surface area contributed by atoms with Gasteiger partial charge in [0.25, 0.3) is 0 Å². The first-order chi connectivity index (χ1) is 8.07. The number of amides is 1. The summed E-state index contributed by atoms with van der Waals surface area (Å²) in [5, 5.41) is 6.19. The maximum atomic E-state index is 12.0. The third-order valence-electron chi connectivity index (χ3n) is 3.70. The normalized spacial score (nSPS) is 27.1. The molecule has 4 nitrogen and oxygen atoms in total. The van der Waals surface area contributed by atoms with E-state index < -0.39 is 0 Å². The third-order valence-corrected chi connectivity index (χ3v) is 3.70. The van der Waals surface area contributed by atoms with Gasteiger partial charge in [-0.05, 0) is 40.2 Å². The Balaban J connectivity index is 2.35. The van der Waals surface area contributed by atoms with Crippen LogP contribution in [0.15, 0.2) is 0 Å². The van der Waals surface area contributed by atoms with E-state index in [1.165, 1.54) is 12.8 Å².